The maximum Gasteiger partial charge on any atom is 0.573 e. The number of furan rings is 1. The van der Waals surface area contributed by atoms with E-state index in [1.54, 1.807) is 36.4 Å². The Hall–Kier alpha value is -4.05. The smallest absolute Gasteiger partial charge is 0.503 e. The van der Waals surface area contributed by atoms with Gasteiger partial charge >= 0.3 is 6.36 Å². The van der Waals surface area contributed by atoms with Crippen molar-refractivity contribution in [2.45, 2.75) is 19.3 Å². The molecule has 1 aliphatic rings. The highest BCUT2D eigenvalue weighted by atomic mass is 79.9. The molecule has 6 nitrogen and oxygen atoms in total. The summed E-state index contributed by atoms with van der Waals surface area (Å²) in [6.45, 7) is 1.83. The van der Waals surface area contributed by atoms with E-state index in [1.165, 1.54) is 18.2 Å². The van der Waals surface area contributed by atoms with Crippen LogP contribution in [0.15, 0.2) is 93.0 Å². The second-order valence-electron chi connectivity index (χ2n) is 8.42. The SMILES string of the molecule is Cc1cccc(C2C(C(=O)c3cc4cc(Br)ccc4o3)=C(O)C(=O)N2c2ccc(OC(F)(F)F)cc2)c1. The number of halogens is 4. The molecule has 0 saturated carbocycles. The van der Waals surface area contributed by atoms with E-state index in [0.717, 1.165) is 27.1 Å². The molecule has 1 atom stereocenters. The van der Waals surface area contributed by atoms with Crippen molar-refractivity contribution in [2.75, 3.05) is 4.90 Å². The van der Waals surface area contributed by atoms with Crippen molar-refractivity contribution in [3.63, 3.8) is 0 Å². The fourth-order valence-electron chi connectivity index (χ4n) is 4.33. The van der Waals surface area contributed by atoms with Crippen molar-refractivity contribution in [1.29, 1.82) is 0 Å². The van der Waals surface area contributed by atoms with E-state index in [4.69, 9.17) is 4.42 Å². The van der Waals surface area contributed by atoms with E-state index in [9.17, 15) is 27.9 Å². The normalized spacial score (nSPS) is 16.1. The molecule has 0 aliphatic carbocycles. The summed E-state index contributed by atoms with van der Waals surface area (Å²) in [4.78, 5) is 28.1. The highest BCUT2D eigenvalue weighted by Gasteiger charge is 2.45. The van der Waals surface area contributed by atoms with Gasteiger partial charge in [0.1, 0.15) is 11.3 Å². The predicted molar refractivity (Wildman–Crippen MR) is 132 cm³/mol. The van der Waals surface area contributed by atoms with Crippen LogP contribution in [-0.4, -0.2) is 23.2 Å². The number of ether oxygens (including phenoxy) is 1. The van der Waals surface area contributed by atoms with E-state index in [2.05, 4.69) is 20.7 Å². The summed E-state index contributed by atoms with van der Waals surface area (Å²) in [5.41, 5.74) is 1.76. The number of carbonyl (C=O) groups is 2. The number of rotatable bonds is 5. The van der Waals surface area contributed by atoms with Crippen molar-refractivity contribution in [2.24, 2.45) is 0 Å². The molecule has 3 aromatic carbocycles. The highest BCUT2D eigenvalue weighted by Crippen LogP contribution is 2.43. The number of amides is 1. The Kier molecular flexibility index (Phi) is 6.07. The first-order valence-corrected chi connectivity index (χ1v) is 11.7. The fraction of sp³-hybridized carbons (Fsp3) is 0.111. The molecule has 37 heavy (non-hydrogen) atoms. The Bertz CT molecular complexity index is 1570. The quantitative estimate of drug-likeness (QED) is 0.256. The number of ketones is 1. The molecule has 0 spiro atoms. The van der Waals surface area contributed by atoms with Crippen LogP contribution in [0.5, 0.6) is 5.75 Å². The second-order valence-corrected chi connectivity index (χ2v) is 9.33. The van der Waals surface area contributed by atoms with Gasteiger partial charge in [-0.25, -0.2) is 0 Å². The monoisotopic (exact) mass is 571 g/mol. The van der Waals surface area contributed by atoms with Crippen LogP contribution in [0.3, 0.4) is 0 Å². The van der Waals surface area contributed by atoms with Crippen LogP contribution in [0, 0.1) is 6.92 Å². The largest absolute Gasteiger partial charge is 0.573 e. The minimum Gasteiger partial charge on any atom is -0.503 e. The zero-order valence-electron chi connectivity index (χ0n) is 19.0. The molecule has 5 rings (SSSR count). The average Bonchev–Trinajstić information content (AvgIpc) is 3.37. The molecule has 2 heterocycles. The molecule has 0 radical (unpaired) electrons. The summed E-state index contributed by atoms with van der Waals surface area (Å²) in [5.74, 6) is -2.89. The summed E-state index contributed by atoms with van der Waals surface area (Å²) in [6, 6.07) is 17.3. The topological polar surface area (TPSA) is 80.0 Å². The lowest BCUT2D eigenvalue weighted by Crippen LogP contribution is -2.31. The van der Waals surface area contributed by atoms with Gasteiger partial charge in [0.05, 0.1) is 11.6 Å². The summed E-state index contributed by atoms with van der Waals surface area (Å²) >= 11 is 3.37. The van der Waals surface area contributed by atoms with Gasteiger partial charge in [0.25, 0.3) is 5.91 Å². The van der Waals surface area contributed by atoms with Crippen molar-refractivity contribution in [3.05, 3.63) is 105 Å². The molecule has 1 aliphatic heterocycles. The van der Waals surface area contributed by atoms with Crippen molar-refractivity contribution in [1.82, 2.24) is 0 Å². The molecule has 0 bridgehead atoms. The Morgan fingerprint density at radius 2 is 1.78 bits per heavy atom. The predicted octanol–water partition coefficient (Wildman–Crippen LogP) is 7.19. The highest BCUT2D eigenvalue weighted by molar-refractivity contribution is 9.10. The van der Waals surface area contributed by atoms with Crippen LogP contribution >= 0.6 is 15.9 Å². The van der Waals surface area contributed by atoms with E-state index < -0.39 is 35.6 Å². The van der Waals surface area contributed by atoms with Crippen molar-refractivity contribution >= 4 is 44.3 Å². The first-order valence-electron chi connectivity index (χ1n) is 10.9. The molecule has 1 aromatic heterocycles. The molecule has 0 saturated heterocycles. The number of hydrogen-bond acceptors (Lipinski definition) is 5. The van der Waals surface area contributed by atoms with Gasteiger partial charge < -0.3 is 14.3 Å². The maximum atomic E-state index is 13.7. The number of Topliss-reactive ketones (excluding diaryl/α,β-unsaturated/α-hetero) is 1. The van der Waals surface area contributed by atoms with Crippen LogP contribution in [-0.2, 0) is 4.79 Å². The van der Waals surface area contributed by atoms with Crippen molar-refractivity contribution in [3.8, 4) is 5.75 Å². The van der Waals surface area contributed by atoms with Crippen LogP contribution in [0.1, 0.15) is 27.7 Å². The number of hydrogen-bond donors (Lipinski definition) is 1. The Labute approximate surface area is 216 Å². The summed E-state index contributed by atoms with van der Waals surface area (Å²) in [6.07, 6.45) is -4.88. The third-order valence-corrected chi connectivity index (χ3v) is 6.35. The standard InChI is InChI=1S/C27H17BrF3NO5/c1-14-3-2-4-15(11-14)23-22(24(33)21-13-16-12-17(28)5-10-20(16)36-21)25(34)26(35)32(23)18-6-8-19(9-7-18)37-27(29,30)31/h2-13,23,34H,1H3. The number of nitrogens with zero attached hydrogens (tertiary/aromatic N) is 1. The van der Waals surface area contributed by atoms with Crippen LogP contribution in [0.4, 0.5) is 18.9 Å². The first-order chi connectivity index (χ1) is 17.5. The zero-order chi connectivity index (χ0) is 26.5. The fourth-order valence-corrected chi connectivity index (χ4v) is 4.71. The summed E-state index contributed by atoms with van der Waals surface area (Å²) in [7, 11) is 0. The van der Waals surface area contributed by atoms with E-state index in [0.29, 0.717) is 16.5 Å². The Balaban J connectivity index is 1.60. The number of aryl methyl sites for hydroxylation is 1. The van der Waals surface area contributed by atoms with Crippen LogP contribution in [0.2, 0.25) is 0 Å². The molecular weight excluding hydrogens is 555 g/mol. The molecule has 1 N–H and O–H groups in total. The Morgan fingerprint density at radius 1 is 1.05 bits per heavy atom. The zero-order valence-corrected chi connectivity index (χ0v) is 20.6. The molecular formula is C27H17BrF3NO5. The summed E-state index contributed by atoms with van der Waals surface area (Å²) < 4.78 is 48.2. The van der Waals surface area contributed by atoms with Crippen LogP contribution < -0.4 is 9.64 Å². The third-order valence-electron chi connectivity index (χ3n) is 5.86. The second kappa shape index (κ2) is 9.11. The number of aliphatic hydroxyl groups is 1. The van der Waals surface area contributed by atoms with Gasteiger partial charge in [0.2, 0.25) is 5.78 Å². The minimum absolute atomic E-state index is 0.0733. The molecule has 10 heteroatoms. The number of anilines is 1. The van der Waals surface area contributed by atoms with Crippen LogP contribution in [0.25, 0.3) is 11.0 Å². The number of carbonyl (C=O) groups excluding carboxylic acids is 2. The number of fused-ring (bicyclic) bond motifs is 1. The molecule has 1 amide bonds. The number of aliphatic hydroxyl groups excluding tert-OH is 1. The lowest BCUT2D eigenvalue weighted by atomic mass is 9.94. The summed E-state index contributed by atoms with van der Waals surface area (Å²) in [5, 5.41) is 11.5. The van der Waals surface area contributed by atoms with Gasteiger partial charge in [-0.2, -0.15) is 0 Å². The van der Waals surface area contributed by atoms with Gasteiger partial charge in [-0.15, -0.1) is 13.2 Å². The molecule has 4 aromatic rings. The van der Waals surface area contributed by atoms with Gasteiger partial charge in [-0.05, 0) is 61.0 Å². The Morgan fingerprint density at radius 3 is 2.46 bits per heavy atom. The van der Waals surface area contributed by atoms with Gasteiger partial charge in [-0.1, -0.05) is 45.8 Å². The molecule has 188 valence electrons. The molecule has 0 fully saturated rings. The number of alkyl halides is 3. The van der Waals surface area contributed by atoms with E-state index >= 15 is 0 Å². The molecule has 1 unspecified atom stereocenters. The number of benzene rings is 3. The minimum atomic E-state index is -4.88. The van der Waals surface area contributed by atoms with Crippen molar-refractivity contribution < 1.29 is 37.0 Å². The lowest BCUT2D eigenvalue weighted by Gasteiger charge is -2.27. The maximum absolute atomic E-state index is 13.7. The average molecular weight is 572 g/mol. The third kappa shape index (κ3) is 4.72. The van der Waals surface area contributed by atoms with Gasteiger partial charge in [0.15, 0.2) is 11.5 Å². The van der Waals surface area contributed by atoms with E-state index in [-0.39, 0.29) is 17.0 Å². The first kappa shape index (κ1) is 24.6. The lowest BCUT2D eigenvalue weighted by molar-refractivity contribution is -0.274. The van der Waals surface area contributed by atoms with Gasteiger partial charge in [0, 0.05) is 15.5 Å². The van der Waals surface area contributed by atoms with Gasteiger partial charge in [-0.3, -0.25) is 14.5 Å². The van der Waals surface area contributed by atoms with E-state index in [1.807, 2.05) is 13.0 Å².